The average Bonchev–Trinajstić information content (AvgIpc) is 2.82. The second kappa shape index (κ2) is 7.46. The first kappa shape index (κ1) is 14.3. The van der Waals surface area contributed by atoms with Crippen LogP contribution in [-0.4, -0.2) is 48.3 Å². The van der Waals surface area contributed by atoms with Crippen LogP contribution < -0.4 is 5.32 Å². The Balaban J connectivity index is 1.64. The minimum atomic E-state index is -0.121. The zero-order valence-corrected chi connectivity index (χ0v) is 11.9. The van der Waals surface area contributed by atoms with Crippen LogP contribution in [0.15, 0.2) is 0 Å². The summed E-state index contributed by atoms with van der Waals surface area (Å²) in [7, 11) is 2.25. The molecule has 2 rings (SSSR count). The van der Waals surface area contributed by atoms with E-state index in [0.717, 1.165) is 32.0 Å². The Bertz CT molecular complexity index is 229. The summed E-state index contributed by atoms with van der Waals surface area (Å²) in [5.74, 6) is 0. The topological polar surface area (TPSA) is 35.5 Å². The third kappa shape index (κ3) is 4.22. The molecule has 0 spiro atoms. The summed E-state index contributed by atoms with van der Waals surface area (Å²) in [4.78, 5) is 2.50. The number of hydrogen-bond acceptors (Lipinski definition) is 3. The second-order valence-corrected chi connectivity index (χ2v) is 6.18. The number of likely N-dealkylation sites (N-methyl/N-ethyl adjacent to an activating group) is 1. The lowest BCUT2D eigenvalue weighted by molar-refractivity contribution is 0.117. The van der Waals surface area contributed by atoms with Gasteiger partial charge in [-0.2, -0.15) is 0 Å². The lowest BCUT2D eigenvalue weighted by Gasteiger charge is -2.27. The quantitative estimate of drug-likeness (QED) is 0.738. The summed E-state index contributed by atoms with van der Waals surface area (Å²) in [6.07, 6.45) is 11.3. The third-order valence-corrected chi connectivity index (χ3v) is 4.80. The Labute approximate surface area is 112 Å². The summed E-state index contributed by atoms with van der Waals surface area (Å²) >= 11 is 0. The van der Waals surface area contributed by atoms with E-state index < -0.39 is 0 Å². The molecule has 2 atom stereocenters. The van der Waals surface area contributed by atoms with E-state index >= 15 is 0 Å². The van der Waals surface area contributed by atoms with Crippen molar-refractivity contribution in [1.82, 2.24) is 10.2 Å². The summed E-state index contributed by atoms with van der Waals surface area (Å²) in [6, 6.07) is 1.15. The van der Waals surface area contributed by atoms with E-state index in [0.29, 0.717) is 6.04 Å². The van der Waals surface area contributed by atoms with Gasteiger partial charge in [0.2, 0.25) is 0 Å². The number of aliphatic hydroxyl groups excluding tert-OH is 1. The van der Waals surface area contributed by atoms with Gasteiger partial charge in [0.25, 0.3) is 0 Å². The van der Waals surface area contributed by atoms with Crippen molar-refractivity contribution in [2.24, 2.45) is 0 Å². The van der Waals surface area contributed by atoms with Gasteiger partial charge in [0.1, 0.15) is 0 Å². The molecular weight excluding hydrogens is 224 g/mol. The lowest BCUT2D eigenvalue weighted by atomic mass is 10.1. The molecule has 106 valence electrons. The predicted octanol–water partition coefficient (Wildman–Crippen LogP) is 2.14. The van der Waals surface area contributed by atoms with Crippen LogP contribution in [-0.2, 0) is 0 Å². The monoisotopic (exact) mass is 254 g/mol. The molecule has 3 heteroatoms. The van der Waals surface area contributed by atoms with Gasteiger partial charge < -0.3 is 15.3 Å². The fourth-order valence-corrected chi connectivity index (χ4v) is 3.48. The van der Waals surface area contributed by atoms with Crippen molar-refractivity contribution in [3.8, 4) is 0 Å². The highest BCUT2D eigenvalue weighted by atomic mass is 16.3. The van der Waals surface area contributed by atoms with E-state index in [1.54, 1.807) is 0 Å². The molecule has 18 heavy (non-hydrogen) atoms. The van der Waals surface area contributed by atoms with Crippen LogP contribution in [0.1, 0.15) is 57.8 Å². The first-order chi connectivity index (χ1) is 8.77. The molecule has 3 nitrogen and oxygen atoms in total. The van der Waals surface area contributed by atoms with E-state index in [4.69, 9.17) is 0 Å². The van der Waals surface area contributed by atoms with Crippen molar-refractivity contribution in [2.45, 2.75) is 76.0 Å². The van der Waals surface area contributed by atoms with Crippen LogP contribution in [0.4, 0.5) is 0 Å². The van der Waals surface area contributed by atoms with Crippen LogP contribution in [0.2, 0.25) is 0 Å². The highest BCUT2D eigenvalue weighted by Gasteiger charge is 2.22. The van der Waals surface area contributed by atoms with E-state index in [-0.39, 0.29) is 6.10 Å². The second-order valence-electron chi connectivity index (χ2n) is 6.18. The van der Waals surface area contributed by atoms with E-state index in [1.165, 1.54) is 44.9 Å². The molecule has 2 saturated carbocycles. The fraction of sp³-hybridized carbons (Fsp3) is 1.00. The zero-order chi connectivity index (χ0) is 12.8. The van der Waals surface area contributed by atoms with Crippen LogP contribution in [0, 0.1) is 0 Å². The van der Waals surface area contributed by atoms with Crippen molar-refractivity contribution in [2.75, 3.05) is 20.1 Å². The Hall–Kier alpha value is -0.120. The predicted molar refractivity (Wildman–Crippen MR) is 75.8 cm³/mol. The van der Waals surface area contributed by atoms with E-state index in [9.17, 15) is 5.11 Å². The maximum absolute atomic E-state index is 10.0. The molecule has 2 aliphatic rings. The van der Waals surface area contributed by atoms with E-state index in [2.05, 4.69) is 17.3 Å². The van der Waals surface area contributed by atoms with Crippen molar-refractivity contribution in [1.29, 1.82) is 0 Å². The van der Waals surface area contributed by atoms with Crippen molar-refractivity contribution in [3.63, 3.8) is 0 Å². The largest absolute Gasteiger partial charge is 0.392 e. The van der Waals surface area contributed by atoms with Gasteiger partial charge in [-0.25, -0.2) is 0 Å². The Morgan fingerprint density at radius 2 is 1.67 bits per heavy atom. The fourth-order valence-electron chi connectivity index (χ4n) is 3.48. The Kier molecular flexibility index (Phi) is 5.93. The van der Waals surface area contributed by atoms with Crippen LogP contribution in [0.25, 0.3) is 0 Å². The molecule has 0 radical (unpaired) electrons. The van der Waals surface area contributed by atoms with Crippen LogP contribution in [0.3, 0.4) is 0 Å². The molecule has 0 saturated heterocycles. The maximum Gasteiger partial charge on any atom is 0.0693 e. The summed E-state index contributed by atoms with van der Waals surface area (Å²) < 4.78 is 0. The van der Waals surface area contributed by atoms with Gasteiger partial charge in [0.15, 0.2) is 0 Å². The Morgan fingerprint density at radius 3 is 2.44 bits per heavy atom. The number of hydrogen-bond donors (Lipinski definition) is 2. The van der Waals surface area contributed by atoms with Crippen molar-refractivity contribution >= 4 is 0 Å². The van der Waals surface area contributed by atoms with Gasteiger partial charge >= 0.3 is 0 Å². The van der Waals surface area contributed by atoms with Crippen LogP contribution >= 0.6 is 0 Å². The minimum Gasteiger partial charge on any atom is -0.392 e. The third-order valence-electron chi connectivity index (χ3n) is 4.80. The molecule has 2 fully saturated rings. The normalized spacial score (nSPS) is 30.8. The summed E-state index contributed by atoms with van der Waals surface area (Å²) in [5.41, 5.74) is 0. The standard InChI is InChI=1S/C15H30N2O/c1-17(13-7-5-6-8-13)12-11-16-14-9-3-2-4-10-15(14)18/h13-16,18H,2-12H2,1H3. The number of aliphatic hydroxyl groups is 1. The molecule has 0 aromatic heterocycles. The highest BCUT2D eigenvalue weighted by Crippen LogP contribution is 2.22. The molecule has 0 heterocycles. The molecule has 2 aliphatic carbocycles. The molecule has 0 aromatic carbocycles. The first-order valence-corrected chi connectivity index (χ1v) is 7.89. The molecule has 2 unspecified atom stereocenters. The van der Waals surface area contributed by atoms with Gasteiger partial charge in [-0.05, 0) is 32.7 Å². The molecule has 0 aliphatic heterocycles. The maximum atomic E-state index is 10.0. The van der Waals surface area contributed by atoms with Gasteiger partial charge in [0.05, 0.1) is 6.10 Å². The van der Waals surface area contributed by atoms with Gasteiger partial charge in [-0.15, -0.1) is 0 Å². The summed E-state index contributed by atoms with van der Waals surface area (Å²) in [5, 5.41) is 13.6. The van der Waals surface area contributed by atoms with Gasteiger partial charge in [0, 0.05) is 25.2 Å². The number of nitrogens with zero attached hydrogens (tertiary/aromatic N) is 1. The molecular formula is C15H30N2O. The van der Waals surface area contributed by atoms with E-state index in [1.807, 2.05) is 0 Å². The zero-order valence-electron chi connectivity index (χ0n) is 11.9. The van der Waals surface area contributed by atoms with Crippen molar-refractivity contribution < 1.29 is 5.11 Å². The first-order valence-electron chi connectivity index (χ1n) is 7.89. The highest BCUT2D eigenvalue weighted by molar-refractivity contribution is 4.80. The Morgan fingerprint density at radius 1 is 1.00 bits per heavy atom. The molecule has 0 bridgehead atoms. The SMILES string of the molecule is CN(CCNC1CCCCCC1O)C1CCCC1. The number of rotatable bonds is 5. The lowest BCUT2D eigenvalue weighted by Crippen LogP contribution is -2.43. The average molecular weight is 254 g/mol. The summed E-state index contributed by atoms with van der Waals surface area (Å²) in [6.45, 7) is 2.14. The van der Waals surface area contributed by atoms with Crippen LogP contribution in [0.5, 0.6) is 0 Å². The molecule has 0 aromatic rings. The molecule has 2 N–H and O–H groups in total. The minimum absolute atomic E-state index is 0.121. The number of nitrogens with one attached hydrogen (secondary N) is 1. The van der Waals surface area contributed by atoms with Gasteiger partial charge in [-0.3, -0.25) is 0 Å². The smallest absolute Gasteiger partial charge is 0.0693 e. The van der Waals surface area contributed by atoms with Crippen molar-refractivity contribution in [3.05, 3.63) is 0 Å². The molecule has 0 amide bonds. The van der Waals surface area contributed by atoms with Gasteiger partial charge in [-0.1, -0.05) is 32.1 Å².